The molecule has 76 valence electrons. The van der Waals surface area contributed by atoms with Crippen molar-refractivity contribution in [1.82, 2.24) is 0 Å². The Balaban J connectivity index is 0.000000292. The summed E-state index contributed by atoms with van der Waals surface area (Å²) < 4.78 is 0. The molecule has 0 unspecified atom stereocenters. The highest BCUT2D eigenvalue weighted by Crippen LogP contribution is 2.00. The maximum absolute atomic E-state index is 9.25. The largest absolute Gasteiger partial charge is 0.478 e. The molecule has 0 aliphatic carbocycles. The smallest absolute Gasteiger partial charge is 0.327 e. The Morgan fingerprint density at radius 2 is 1.93 bits per heavy atom. The summed E-state index contributed by atoms with van der Waals surface area (Å²) in [5.74, 6) is -0.981. The Labute approximate surface area is 84.9 Å². The second-order valence-corrected chi connectivity index (χ2v) is 2.78. The minimum absolute atomic E-state index is 0.833. The van der Waals surface area contributed by atoms with Gasteiger partial charge in [-0.15, -0.1) is 0 Å². The van der Waals surface area contributed by atoms with E-state index in [1.54, 1.807) is 0 Å². The number of hydrogen-bond acceptors (Lipinski definition) is 1. The van der Waals surface area contributed by atoms with Crippen LogP contribution < -0.4 is 0 Å². The van der Waals surface area contributed by atoms with Crippen molar-refractivity contribution >= 4 is 5.97 Å². The van der Waals surface area contributed by atoms with Crippen LogP contribution in [0.2, 0.25) is 0 Å². The van der Waals surface area contributed by atoms with Gasteiger partial charge in [0.25, 0.3) is 0 Å². The fourth-order valence-electron chi connectivity index (χ4n) is 0.933. The van der Waals surface area contributed by atoms with Gasteiger partial charge < -0.3 is 5.11 Å². The van der Waals surface area contributed by atoms with Crippen LogP contribution in [-0.2, 0) is 11.2 Å². The molecule has 2 heteroatoms. The van der Waals surface area contributed by atoms with Gasteiger partial charge in [-0.3, -0.25) is 0 Å². The minimum atomic E-state index is -0.981. The van der Waals surface area contributed by atoms with E-state index >= 15 is 0 Å². The molecule has 1 rings (SSSR count). The average molecular weight is 192 g/mol. The molecule has 0 amide bonds. The molecule has 0 fully saturated rings. The summed E-state index contributed by atoms with van der Waals surface area (Å²) >= 11 is 0. The van der Waals surface area contributed by atoms with Crippen LogP contribution in [0.3, 0.4) is 0 Å². The molecule has 1 aromatic carbocycles. The standard InChI is InChI=1S/C9H12.C3H4O2/c1-2-6-9-7-4-3-5-8-9;1-2-3(4)5/h3-5,7-8H,2,6H2,1H3;2H,1H2,(H,4,5). The summed E-state index contributed by atoms with van der Waals surface area (Å²) in [6.07, 6.45) is 3.28. The van der Waals surface area contributed by atoms with Gasteiger partial charge in [0.2, 0.25) is 0 Å². The van der Waals surface area contributed by atoms with Crippen LogP contribution in [0, 0.1) is 0 Å². The lowest BCUT2D eigenvalue weighted by atomic mass is 10.1. The van der Waals surface area contributed by atoms with Crippen LogP contribution in [0.1, 0.15) is 18.9 Å². The maximum Gasteiger partial charge on any atom is 0.327 e. The van der Waals surface area contributed by atoms with Crippen molar-refractivity contribution in [3.05, 3.63) is 48.6 Å². The molecular weight excluding hydrogens is 176 g/mol. The van der Waals surface area contributed by atoms with Gasteiger partial charge in [-0.05, 0) is 12.0 Å². The van der Waals surface area contributed by atoms with E-state index in [0.29, 0.717) is 0 Å². The highest BCUT2D eigenvalue weighted by atomic mass is 16.4. The third-order valence-corrected chi connectivity index (χ3v) is 1.56. The first-order valence-electron chi connectivity index (χ1n) is 4.60. The van der Waals surface area contributed by atoms with Gasteiger partial charge in [0.15, 0.2) is 0 Å². The summed E-state index contributed by atoms with van der Waals surface area (Å²) in [5, 5.41) is 7.60. The molecule has 1 aromatic rings. The first-order chi connectivity index (χ1) is 6.70. The number of carbonyl (C=O) groups is 1. The summed E-state index contributed by atoms with van der Waals surface area (Å²) in [6, 6.07) is 10.6. The van der Waals surface area contributed by atoms with E-state index in [-0.39, 0.29) is 0 Å². The molecule has 0 radical (unpaired) electrons. The molecule has 0 aliphatic heterocycles. The van der Waals surface area contributed by atoms with Gasteiger partial charge in [-0.2, -0.15) is 0 Å². The highest BCUT2D eigenvalue weighted by molar-refractivity contribution is 5.78. The number of aliphatic carboxylic acids is 1. The first-order valence-corrected chi connectivity index (χ1v) is 4.60. The molecule has 0 saturated carbocycles. The van der Waals surface area contributed by atoms with E-state index in [9.17, 15) is 4.79 Å². The molecule has 0 aliphatic rings. The molecule has 0 spiro atoms. The molecule has 2 nitrogen and oxygen atoms in total. The second kappa shape index (κ2) is 8.05. The van der Waals surface area contributed by atoms with Crippen molar-refractivity contribution in [2.24, 2.45) is 0 Å². The normalized spacial score (nSPS) is 8.36. The Morgan fingerprint density at radius 3 is 2.29 bits per heavy atom. The molecule has 0 atom stereocenters. The van der Waals surface area contributed by atoms with Crippen molar-refractivity contribution in [3.63, 3.8) is 0 Å². The molecular formula is C12H16O2. The summed E-state index contributed by atoms with van der Waals surface area (Å²) in [4.78, 5) is 9.25. The SMILES string of the molecule is C=CC(=O)O.CCCc1ccccc1. The van der Waals surface area contributed by atoms with E-state index < -0.39 is 5.97 Å². The average Bonchev–Trinajstić information content (AvgIpc) is 2.21. The Kier molecular flexibility index (Phi) is 7.15. The number of benzene rings is 1. The monoisotopic (exact) mass is 192 g/mol. The van der Waals surface area contributed by atoms with Gasteiger partial charge in [-0.25, -0.2) is 4.79 Å². The third kappa shape index (κ3) is 7.10. The predicted octanol–water partition coefficient (Wildman–Crippen LogP) is 2.90. The zero-order chi connectivity index (χ0) is 10.8. The number of rotatable bonds is 3. The topological polar surface area (TPSA) is 37.3 Å². The van der Waals surface area contributed by atoms with Crippen molar-refractivity contribution in [2.45, 2.75) is 19.8 Å². The van der Waals surface area contributed by atoms with Crippen LogP contribution in [-0.4, -0.2) is 11.1 Å². The van der Waals surface area contributed by atoms with E-state index in [4.69, 9.17) is 5.11 Å². The highest BCUT2D eigenvalue weighted by Gasteiger charge is 1.84. The minimum Gasteiger partial charge on any atom is -0.478 e. The lowest BCUT2D eigenvalue weighted by Gasteiger charge is -1.93. The molecule has 0 saturated heterocycles. The molecule has 0 heterocycles. The van der Waals surface area contributed by atoms with Crippen LogP contribution >= 0.6 is 0 Å². The van der Waals surface area contributed by atoms with Crippen molar-refractivity contribution in [3.8, 4) is 0 Å². The third-order valence-electron chi connectivity index (χ3n) is 1.56. The van der Waals surface area contributed by atoms with E-state index in [0.717, 1.165) is 6.08 Å². The Morgan fingerprint density at radius 1 is 1.43 bits per heavy atom. The summed E-state index contributed by atoms with van der Waals surface area (Å²) in [6.45, 7) is 5.16. The summed E-state index contributed by atoms with van der Waals surface area (Å²) in [5.41, 5.74) is 1.44. The van der Waals surface area contributed by atoms with Crippen LogP contribution in [0.15, 0.2) is 43.0 Å². The number of carboxylic acids is 1. The van der Waals surface area contributed by atoms with E-state index in [1.165, 1.54) is 18.4 Å². The van der Waals surface area contributed by atoms with Crippen LogP contribution in [0.25, 0.3) is 0 Å². The van der Waals surface area contributed by atoms with Crippen LogP contribution in [0.4, 0.5) is 0 Å². The second-order valence-electron chi connectivity index (χ2n) is 2.78. The Bertz CT molecular complexity index is 265. The van der Waals surface area contributed by atoms with Gasteiger partial charge in [0.1, 0.15) is 0 Å². The molecule has 0 aromatic heterocycles. The zero-order valence-electron chi connectivity index (χ0n) is 8.44. The van der Waals surface area contributed by atoms with Gasteiger partial charge in [0, 0.05) is 6.08 Å². The molecule has 0 bridgehead atoms. The lowest BCUT2D eigenvalue weighted by molar-refractivity contribution is -0.131. The predicted molar refractivity (Wildman–Crippen MR) is 58.3 cm³/mol. The van der Waals surface area contributed by atoms with Crippen molar-refractivity contribution in [2.75, 3.05) is 0 Å². The van der Waals surface area contributed by atoms with Crippen LogP contribution in [0.5, 0.6) is 0 Å². The van der Waals surface area contributed by atoms with Crippen molar-refractivity contribution in [1.29, 1.82) is 0 Å². The van der Waals surface area contributed by atoms with Crippen molar-refractivity contribution < 1.29 is 9.90 Å². The fraction of sp³-hybridized carbons (Fsp3) is 0.250. The number of hydrogen-bond donors (Lipinski definition) is 1. The number of aryl methyl sites for hydroxylation is 1. The molecule has 1 N–H and O–H groups in total. The zero-order valence-corrected chi connectivity index (χ0v) is 8.44. The lowest BCUT2D eigenvalue weighted by Crippen LogP contribution is -1.82. The maximum atomic E-state index is 9.25. The first kappa shape index (κ1) is 12.4. The number of carboxylic acid groups (broad SMARTS) is 1. The van der Waals surface area contributed by atoms with Gasteiger partial charge in [-0.1, -0.05) is 50.3 Å². The fourth-order valence-corrected chi connectivity index (χ4v) is 0.933. The Hall–Kier alpha value is -1.57. The van der Waals surface area contributed by atoms with Gasteiger partial charge >= 0.3 is 5.97 Å². The van der Waals surface area contributed by atoms with E-state index in [1.807, 2.05) is 0 Å². The molecule has 14 heavy (non-hydrogen) atoms. The van der Waals surface area contributed by atoms with E-state index in [2.05, 4.69) is 43.8 Å². The summed E-state index contributed by atoms with van der Waals surface area (Å²) in [7, 11) is 0. The van der Waals surface area contributed by atoms with Gasteiger partial charge in [0.05, 0.1) is 0 Å². The quantitative estimate of drug-likeness (QED) is 0.748.